The summed E-state index contributed by atoms with van der Waals surface area (Å²) in [5.41, 5.74) is 5.58. The highest BCUT2D eigenvalue weighted by molar-refractivity contribution is 7.15. The molecule has 1 aromatic rings. The highest BCUT2D eigenvalue weighted by Gasteiger charge is 2.41. The Morgan fingerprint density at radius 3 is 3.06 bits per heavy atom. The zero-order chi connectivity index (χ0) is 12.7. The van der Waals surface area contributed by atoms with Gasteiger partial charge in [-0.05, 0) is 0 Å². The van der Waals surface area contributed by atoms with E-state index >= 15 is 0 Å². The van der Waals surface area contributed by atoms with Crippen LogP contribution in [0.1, 0.15) is 4.88 Å². The molecule has 0 aliphatic carbocycles. The third-order valence-electron chi connectivity index (χ3n) is 3.21. The number of carbonyl (C=O) groups is 2. The number of hydrogen-bond donors (Lipinski definition) is 2. The van der Waals surface area contributed by atoms with Gasteiger partial charge in [-0.1, -0.05) is 0 Å². The van der Waals surface area contributed by atoms with Crippen molar-refractivity contribution in [3.63, 3.8) is 0 Å². The van der Waals surface area contributed by atoms with E-state index in [0.29, 0.717) is 18.2 Å². The van der Waals surface area contributed by atoms with Crippen LogP contribution < -0.4 is 11.1 Å². The van der Waals surface area contributed by atoms with Crippen LogP contribution >= 0.6 is 11.3 Å². The number of nitrogens with zero attached hydrogens (tertiary/aromatic N) is 3. The van der Waals surface area contributed by atoms with Gasteiger partial charge in [0.25, 0.3) is 5.91 Å². The number of hydrogen-bond acceptors (Lipinski definition) is 6. The normalized spacial score (nSPS) is 24.2. The van der Waals surface area contributed by atoms with E-state index in [-0.39, 0.29) is 18.0 Å². The molecule has 96 valence electrons. The molecule has 0 bridgehead atoms. The molecule has 18 heavy (non-hydrogen) atoms. The minimum absolute atomic E-state index is 0.200. The Kier molecular flexibility index (Phi) is 2.67. The van der Waals surface area contributed by atoms with E-state index in [1.165, 1.54) is 11.3 Å². The van der Waals surface area contributed by atoms with Gasteiger partial charge in [0.05, 0.1) is 0 Å². The zero-order valence-corrected chi connectivity index (χ0v) is 10.4. The third-order valence-corrected chi connectivity index (χ3v) is 4.02. The lowest BCUT2D eigenvalue weighted by molar-refractivity contribution is -0.122. The first-order chi connectivity index (χ1) is 8.63. The van der Waals surface area contributed by atoms with Gasteiger partial charge in [-0.2, -0.15) is 0 Å². The predicted molar refractivity (Wildman–Crippen MR) is 65.8 cm³/mol. The molecule has 1 atom stereocenters. The van der Waals surface area contributed by atoms with Crippen molar-refractivity contribution in [3.8, 4) is 0 Å². The van der Waals surface area contributed by atoms with Crippen LogP contribution in [0.15, 0.2) is 6.20 Å². The van der Waals surface area contributed by atoms with Gasteiger partial charge in [-0.15, -0.1) is 11.3 Å². The Labute approximate surface area is 108 Å². The van der Waals surface area contributed by atoms with Gasteiger partial charge < -0.3 is 10.6 Å². The van der Waals surface area contributed by atoms with Crippen LogP contribution in [-0.4, -0.2) is 52.4 Å². The molecule has 0 radical (unpaired) electrons. The molecule has 0 aromatic carbocycles. The number of aromatic nitrogens is 1. The molecule has 2 fully saturated rings. The van der Waals surface area contributed by atoms with E-state index in [9.17, 15) is 9.59 Å². The van der Waals surface area contributed by atoms with E-state index in [1.54, 1.807) is 11.1 Å². The number of imide groups is 1. The van der Waals surface area contributed by atoms with E-state index in [4.69, 9.17) is 5.73 Å². The Morgan fingerprint density at radius 2 is 2.33 bits per heavy atom. The Hall–Kier alpha value is -1.67. The maximum Gasteiger partial charge on any atom is 0.324 e. The molecule has 8 heteroatoms. The van der Waals surface area contributed by atoms with Crippen molar-refractivity contribution in [3.05, 3.63) is 11.1 Å². The molecule has 1 aromatic heterocycles. The lowest BCUT2D eigenvalue weighted by Gasteiger charge is -2.34. The largest absolute Gasteiger partial charge is 0.375 e. The molecule has 3 heterocycles. The van der Waals surface area contributed by atoms with E-state index in [1.807, 2.05) is 0 Å². The predicted octanol–water partition coefficient (Wildman–Crippen LogP) is -0.539. The van der Waals surface area contributed by atoms with Crippen molar-refractivity contribution in [1.29, 1.82) is 0 Å². The van der Waals surface area contributed by atoms with Crippen molar-refractivity contribution < 1.29 is 9.59 Å². The van der Waals surface area contributed by atoms with E-state index in [0.717, 1.165) is 18.0 Å². The second kappa shape index (κ2) is 4.21. The summed E-state index contributed by atoms with van der Waals surface area (Å²) in [7, 11) is 0. The lowest BCUT2D eigenvalue weighted by Crippen LogP contribution is -2.52. The van der Waals surface area contributed by atoms with Crippen LogP contribution in [-0.2, 0) is 11.3 Å². The smallest absolute Gasteiger partial charge is 0.324 e. The fraction of sp³-hybridized carbons (Fsp3) is 0.500. The molecule has 3 rings (SSSR count). The van der Waals surface area contributed by atoms with Crippen molar-refractivity contribution in [2.75, 3.05) is 25.4 Å². The van der Waals surface area contributed by atoms with E-state index in [2.05, 4.69) is 15.2 Å². The number of nitrogens with one attached hydrogen (secondary N) is 1. The number of anilines is 1. The summed E-state index contributed by atoms with van der Waals surface area (Å²) in [5, 5.41) is 2.89. The molecule has 0 spiro atoms. The third kappa shape index (κ3) is 1.93. The van der Waals surface area contributed by atoms with Crippen LogP contribution in [0, 0.1) is 0 Å². The maximum absolute atomic E-state index is 11.6. The van der Waals surface area contributed by atoms with Crippen LogP contribution in [0.4, 0.5) is 9.93 Å². The van der Waals surface area contributed by atoms with Crippen molar-refractivity contribution in [2.45, 2.75) is 12.6 Å². The second-order valence-corrected chi connectivity index (χ2v) is 5.55. The number of nitrogens with two attached hydrogens (primary N) is 1. The van der Waals surface area contributed by atoms with Gasteiger partial charge in [0.1, 0.15) is 6.04 Å². The van der Waals surface area contributed by atoms with Crippen LogP contribution in [0.5, 0.6) is 0 Å². The summed E-state index contributed by atoms with van der Waals surface area (Å²) in [5.74, 6) is -0.200. The van der Waals surface area contributed by atoms with Crippen molar-refractivity contribution >= 4 is 28.4 Å². The minimum Gasteiger partial charge on any atom is -0.375 e. The Morgan fingerprint density at radius 1 is 1.50 bits per heavy atom. The number of nitrogen functional groups attached to an aromatic ring is 1. The Bertz CT molecular complexity index is 502. The van der Waals surface area contributed by atoms with Crippen LogP contribution in [0.25, 0.3) is 0 Å². The molecule has 2 saturated heterocycles. The topological polar surface area (TPSA) is 91.6 Å². The van der Waals surface area contributed by atoms with Gasteiger partial charge >= 0.3 is 6.03 Å². The molecule has 3 N–H and O–H groups in total. The summed E-state index contributed by atoms with van der Waals surface area (Å²) in [4.78, 5) is 31.8. The van der Waals surface area contributed by atoms with Gasteiger partial charge in [-0.3, -0.25) is 15.0 Å². The summed E-state index contributed by atoms with van der Waals surface area (Å²) >= 11 is 1.45. The van der Waals surface area contributed by atoms with Crippen molar-refractivity contribution in [2.24, 2.45) is 0 Å². The average Bonchev–Trinajstić information content (AvgIpc) is 2.85. The average molecular weight is 267 g/mol. The van der Waals surface area contributed by atoms with Crippen molar-refractivity contribution in [1.82, 2.24) is 20.1 Å². The number of rotatable bonds is 2. The number of piperazine rings is 1. The van der Waals surface area contributed by atoms with Gasteiger partial charge in [0.2, 0.25) is 0 Å². The number of fused-ring (bicyclic) bond motifs is 1. The molecule has 2 aliphatic rings. The van der Waals surface area contributed by atoms with E-state index < -0.39 is 0 Å². The summed E-state index contributed by atoms with van der Waals surface area (Å²) in [6, 6.07) is -0.622. The molecular weight excluding hydrogens is 254 g/mol. The standard InChI is InChI=1S/C10H13N5O2S/c11-9-12-3-6(18-9)4-14-1-2-15-7(5-14)8(16)13-10(15)17/h3,7H,1-2,4-5H2,(H2,11,12)(H,13,16,17). The van der Waals surface area contributed by atoms with Gasteiger partial charge in [0.15, 0.2) is 5.13 Å². The first-order valence-corrected chi connectivity index (χ1v) is 6.49. The lowest BCUT2D eigenvalue weighted by atomic mass is 10.2. The number of thiazole rings is 1. The monoisotopic (exact) mass is 267 g/mol. The molecular formula is C10H13N5O2S. The number of carbonyl (C=O) groups excluding carboxylic acids is 2. The zero-order valence-electron chi connectivity index (χ0n) is 9.63. The number of amides is 3. The summed E-state index contributed by atoms with van der Waals surface area (Å²) in [6.45, 7) is 2.63. The first-order valence-electron chi connectivity index (χ1n) is 5.67. The minimum atomic E-state index is -0.350. The fourth-order valence-corrected chi connectivity index (χ4v) is 3.05. The number of urea groups is 1. The molecule has 0 saturated carbocycles. The quantitative estimate of drug-likeness (QED) is 0.702. The van der Waals surface area contributed by atoms with Crippen LogP contribution in [0.2, 0.25) is 0 Å². The van der Waals surface area contributed by atoms with Gasteiger partial charge in [0, 0.05) is 37.3 Å². The summed E-state index contributed by atoms with van der Waals surface area (Å²) in [6.07, 6.45) is 1.76. The first kappa shape index (κ1) is 11.4. The Balaban J connectivity index is 1.67. The fourth-order valence-electron chi connectivity index (χ4n) is 2.33. The summed E-state index contributed by atoms with van der Waals surface area (Å²) < 4.78 is 0. The molecule has 7 nitrogen and oxygen atoms in total. The molecule has 3 amide bonds. The molecule has 2 aliphatic heterocycles. The molecule has 1 unspecified atom stereocenters. The highest BCUT2D eigenvalue weighted by Crippen LogP contribution is 2.20. The second-order valence-electron chi connectivity index (χ2n) is 4.40. The maximum atomic E-state index is 11.6. The highest BCUT2D eigenvalue weighted by atomic mass is 32.1. The van der Waals surface area contributed by atoms with Gasteiger partial charge in [-0.25, -0.2) is 9.78 Å². The SMILES string of the molecule is Nc1ncc(CN2CCN3C(=O)NC(=O)C3C2)s1. The van der Waals surface area contributed by atoms with Crippen LogP contribution in [0.3, 0.4) is 0 Å².